The van der Waals surface area contributed by atoms with E-state index in [2.05, 4.69) is 0 Å². The third kappa shape index (κ3) is 3.92. The number of nitrogens with zero attached hydrogens (tertiary/aromatic N) is 1. The van der Waals surface area contributed by atoms with E-state index >= 15 is 0 Å². The molecule has 0 saturated carbocycles. The normalized spacial score (nSPS) is 17.7. The average molecular weight is 351 g/mol. The lowest BCUT2D eigenvalue weighted by atomic mass is 10.1. The van der Waals surface area contributed by atoms with Crippen LogP contribution in [-0.2, 0) is 9.59 Å². The number of carboxylic acids is 1. The van der Waals surface area contributed by atoms with Crippen molar-refractivity contribution in [2.75, 3.05) is 6.61 Å². The summed E-state index contributed by atoms with van der Waals surface area (Å²) in [5.41, 5.74) is 0.831. The molecule has 0 radical (unpaired) electrons. The number of carbonyl (C=O) groups excluding carboxylic acids is 1. The molecule has 1 aromatic carbocycles. The van der Waals surface area contributed by atoms with Gasteiger partial charge in [-0.15, -0.1) is 0 Å². The number of thioether (sulfide) groups is 1. The average Bonchev–Trinajstić information content (AvgIpc) is 2.78. The summed E-state index contributed by atoms with van der Waals surface area (Å²) in [6.45, 7) is 4.21. The number of hydrogen-bond donors (Lipinski definition) is 1. The largest absolute Gasteiger partial charge is 0.494 e. The molecule has 1 amide bonds. The van der Waals surface area contributed by atoms with Crippen LogP contribution in [0.1, 0.15) is 25.8 Å². The fourth-order valence-electron chi connectivity index (χ4n) is 2.19. The van der Waals surface area contributed by atoms with Crippen LogP contribution < -0.4 is 4.74 Å². The summed E-state index contributed by atoms with van der Waals surface area (Å²) < 4.78 is 5.65. The maximum absolute atomic E-state index is 12.5. The minimum atomic E-state index is -1.05. The van der Waals surface area contributed by atoms with E-state index in [1.807, 2.05) is 31.2 Å². The fraction of sp³-hybridized carbons (Fsp3) is 0.312. The van der Waals surface area contributed by atoms with Crippen LogP contribution in [0, 0.1) is 0 Å². The van der Waals surface area contributed by atoms with Gasteiger partial charge in [-0.2, -0.15) is 0 Å². The highest BCUT2D eigenvalue weighted by Gasteiger charge is 2.39. The Kier molecular flexibility index (Phi) is 5.79. The smallest absolute Gasteiger partial charge is 0.326 e. The van der Waals surface area contributed by atoms with Crippen LogP contribution in [0.25, 0.3) is 6.08 Å². The molecule has 1 aliphatic rings. The van der Waals surface area contributed by atoms with Crippen molar-refractivity contribution in [1.82, 2.24) is 4.90 Å². The van der Waals surface area contributed by atoms with E-state index in [0.717, 1.165) is 23.1 Å². The molecule has 23 heavy (non-hydrogen) atoms. The number of amides is 1. The number of rotatable bonds is 6. The zero-order valence-corrected chi connectivity index (χ0v) is 14.4. The van der Waals surface area contributed by atoms with E-state index in [4.69, 9.17) is 17.0 Å². The van der Waals surface area contributed by atoms with Crippen LogP contribution in [0.3, 0.4) is 0 Å². The van der Waals surface area contributed by atoms with Crippen LogP contribution in [0.4, 0.5) is 0 Å². The minimum absolute atomic E-state index is 0.279. The summed E-state index contributed by atoms with van der Waals surface area (Å²) in [7, 11) is 0. The van der Waals surface area contributed by atoms with Crippen LogP contribution >= 0.6 is 24.0 Å². The number of carboxylic acid groups (broad SMARTS) is 1. The number of carbonyl (C=O) groups is 2. The summed E-state index contributed by atoms with van der Waals surface area (Å²) >= 11 is 6.30. The summed E-state index contributed by atoms with van der Waals surface area (Å²) in [5.74, 6) is -0.650. The van der Waals surface area contributed by atoms with Gasteiger partial charge in [0, 0.05) is 0 Å². The zero-order valence-electron chi connectivity index (χ0n) is 12.8. The van der Waals surface area contributed by atoms with Crippen molar-refractivity contribution in [1.29, 1.82) is 0 Å². The van der Waals surface area contributed by atoms with Gasteiger partial charge in [0.05, 0.1) is 11.5 Å². The van der Waals surface area contributed by atoms with Crippen molar-refractivity contribution >= 4 is 46.3 Å². The lowest BCUT2D eigenvalue weighted by Gasteiger charge is -2.21. The van der Waals surface area contributed by atoms with Gasteiger partial charge < -0.3 is 9.84 Å². The van der Waals surface area contributed by atoms with E-state index in [1.54, 1.807) is 13.0 Å². The maximum atomic E-state index is 12.5. The Balaban J connectivity index is 2.22. The first-order chi connectivity index (χ1) is 11.0. The Bertz CT molecular complexity index is 655. The van der Waals surface area contributed by atoms with Gasteiger partial charge in [0.1, 0.15) is 16.1 Å². The summed E-state index contributed by atoms with van der Waals surface area (Å²) in [5, 5.41) is 9.23. The van der Waals surface area contributed by atoms with Gasteiger partial charge in [-0.05, 0) is 37.1 Å². The standard InChI is InChI=1S/C16H17NO4S2/c1-3-12(15(19)20)17-14(18)13(23-16(17)22)9-10-5-7-11(8-6-10)21-4-2/h5-9,12H,3-4H2,1-2H3,(H,19,20)/b13-9+/t12-/m1/s1. The molecule has 1 heterocycles. The summed E-state index contributed by atoms with van der Waals surface area (Å²) in [4.78, 5) is 25.3. The second-order valence-corrected chi connectivity index (χ2v) is 6.49. The molecular formula is C16H17NO4S2. The first-order valence-corrected chi connectivity index (χ1v) is 8.43. The van der Waals surface area contributed by atoms with Crippen molar-refractivity contribution in [3.63, 3.8) is 0 Å². The highest BCUT2D eigenvalue weighted by Crippen LogP contribution is 2.34. The van der Waals surface area contributed by atoms with E-state index in [-0.39, 0.29) is 10.2 Å². The molecule has 1 saturated heterocycles. The van der Waals surface area contributed by atoms with Crippen LogP contribution in [-0.4, -0.2) is 38.9 Å². The monoisotopic (exact) mass is 351 g/mol. The second-order valence-electron chi connectivity index (χ2n) is 4.82. The van der Waals surface area contributed by atoms with E-state index < -0.39 is 12.0 Å². The van der Waals surface area contributed by atoms with Gasteiger partial charge >= 0.3 is 5.97 Å². The van der Waals surface area contributed by atoms with Gasteiger partial charge in [0.2, 0.25) is 0 Å². The van der Waals surface area contributed by atoms with Gasteiger partial charge in [0.15, 0.2) is 0 Å². The second kappa shape index (κ2) is 7.61. The number of benzene rings is 1. The molecule has 7 heteroatoms. The molecule has 0 aromatic heterocycles. The van der Waals surface area contributed by atoms with Gasteiger partial charge in [-0.1, -0.05) is 43.0 Å². The van der Waals surface area contributed by atoms with Crippen LogP contribution in [0.5, 0.6) is 5.75 Å². The number of aliphatic carboxylic acids is 1. The third-order valence-electron chi connectivity index (χ3n) is 3.30. The lowest BCUT2D eigenvalue weighted by Crippen LogP contribution is -2.43. The number of ether oxygens (including phenoxy) is 1. The molecule has 0 aliphatic carbocycles. The molecule has 1 atom stereocenters. The first kappa shape index (κ1) is 17.5. The van der Waals surface area contributed by atoms with E-state index in [1.165, 1.54) is 4.90 Å². The van der Waals surface area contributed by atoms with Crippen LogP contribution in [0.2, 0.25) is 0 Å². The highest BCUT2D eigenvalue weighted by molar-refractivity contribution is 8.26. The quantitative estimate of drug-likeness (QED) is 0.627. The number of hydrogen-bond acceptors (Lipinski definition) is 5. The van der Waals surface area contributed by atoms with Crippen molar-refractivity contribution < 1.29 is 19.4 Å². The molecule has 1 fully saturated rings. The van der Waals surface area contributed by atoms with Crippen molar-refractivity contribution in [2.24, 2.45) is 0 Å². The van der Waals surface area contributed by atoms with Crippen molar-refractivity contribution in [2.45, 2.75) is 26.3 Å². The lowest BCUT2D eigenvalue weighted by molar-refractivity contribution is -0.145. The molecule has 0 bridgehead atoms. The Hall–Kier alpha value is -1.86. The SMILES string of the molecule is CCOc1ccc(/C=C2/SC(=S)N([C@H](CC)C(=O)O)C2=O)cc1. The predicted molar refractivity (Wildman–Crippen MR) is 94.3 cm³/mol. The predicted octanol–water partition coefficient (Wildman–Crippen LogP) is 3.15. The number of thiocarbonyl (C=S) groups is 1. The Morgan fingerprint density at radius 3 is 2.57 bits per heavy atom. The van der Waals surface area contributed by atoms with E-state index in [0.29, 0.717) is 17.9 Å². The van der Waals surface area contributed by atoms with Gasteiger partial charge in [-0.3, -0.25) is 9.69 Å². The first-order valence-electron chi connectivity index (χ1n) is 7.20. The fourth-order valence-corrected chi connectivity index (χ4v) is 3.55. The molecule has 122 valence electrons. The topological polar surface area (TPSA) is 66.8 Å². The molecule has 2 rings (SSSR count). The Morgan fingerprint density at radius 2 is 2.04 bits per heavy atom. The Labute approximate surface area is 144 Å². The van der Waals surface area contributed by atoms with Crippen LogP contribution in [0.15, 0.2) is 29.2 Å². The maximum Gasteiger partial charge on any atom is 0.326 e. The van der Waals surface area contributed by atoms with Gasteiger partial charge in [0.25, 0.3) is 5.91 Å². The minimum Gasteiger partial charge on any atom is -0.494 e. The Morgan fingerprint density at radius 1 is 1.39 bits per heavy atom. The van der Waals surface area contributed by atoms with Crippen molar-refractivity contribution in [3.05, 3.63) is 34.7 Å². The third-order valence-corrected chi connectivity index (χ3v) is 4.63. The van der Waals surface area contributed by atoms with Crippen molar-refractivity contribution in [3.8, 4) is 5.75 Å². The zero-order chi connectivity index (χ0) is 17.0. The molecule has 1 N–H and O–H groups in total. The molecule has 5 nitrogen and oxygen atoms in total. The molecule has 0 spiro atoms. The highest BCUT2D eigenvalue weighted by atomic mass is 32.2. The molecule has 1 aromatic rings. The van der Waals surface area contributed by atoms with Gasteiger partial charge in [-0.25, -0.2) is 4.79 Å². The summed E-state index contributed by atoms with van der Waals surface area (Å²) in [6.07, 6.45) is 2.02. The summed E-state index contributed by atoms with van der Waals surface area (Å²) in [6, 6.07) is 6.40. The molecule has 1 aliphatic heterocycles. The van der Waals surface area contributed by atoms with E-state index in [9.17, 15) is 14.7 Å². The molecular weight excluding hydrogens is 334 g/mol. The molecule has 0 unspecified atom stereocenters.